The van der Waals surface area contributed by atoms with Crippen LogP contribution in [0.2, 0.25) is 0 Å². The van der Waals surface area contributed by atoms with E-state index in [9.17, 15) is 0 Å². The second-order valence-corrected chi connectivity index (χ2v) is 1.69. The van der Waals surface area contributed by atoms with E-state index >= 15 is 0 Å². The minimum atomic E-state index is -1.93. The molecular weight excluding hydrogens is 161 g/mol. The molecule has 0 saturated heterocycles. The lowest BCUT2D eigenvalue weighted by Gasteiger charge is -2.00. The van der Waals surface area contributed by atoms with Gasteiger partial charge in [0.1, 0.15) is 10.6 Å². The Kier molecular flexibility index (Phi) is 4.94. The average molecular weight is 163 g/mol. The number of hydrogen-bond acceptors (Lipinski definition) is 5. The molecule has 0 aliphatic carbocycles. The second kappa shape index (κ2) is 5.74. The van der Waals surface area contributed by atoms with E-state index in [0.29, 0.717) is 0 Å². The SMILES string of the molecule is [N-]=[N+]=NOP(N)ON=[N+]=[N-]. The molecule has 10 heavy (non-hydrogen) atoms. The van der Waals surface area contributed by atoms with E-state index in [1.54, 1.807) is 0 Å². The van der Waals surface area contributed by atoms with Gasteiger partial charge in [-0.3, -0.25) is 0 Å². The highest BCUT2D eigenvalue weighted by Crippen LogP contribution is 2.28. The third-order valence-corrected chi connectivity index (χ3v) is 0.775. The van der Waals surface area contributed by atoms with Crippen LogP contribution in [-0.4, -0.2) is 0 Å². The van der Waals surface area contributed by atoms with Gasteiger partial charge in [-0.05, 0) is 11.1 Å². The van der Waals surface area contributed by atoms with Gasteiger partial charge in [0.25, 0.3) is 0 Å². The topological polar surface area (TPSA) is 142 Å². The van der Waals surface area contributed by atoms with Crippen molar-refractivity contribution < 1.29 is 9.25 Å². The first-order valence-electron chi connectivity index (χ1n) is 1.79. The number of hydrogen-bond donors (Lipinski definition) is 1. The predicted octanol–water partition coefficient (Wildman–Crippen LogP) is 1.66. The molecule has 0 saturated carbocycles. The molecule has 10 heteroatoms. The Morgan fingerprint density at radius 2 is 1.60 bits per heavy atom. The van der Waals surface area contributed by atoms with Crippen LogP contribution in [0.1, 0.15) is 0 Å². The van der Waals surface area contributed by atoms with Crippen molar-refractivity contribution in [1.29, 1.82) is 0 Å². The highest BCUT2D eigenvalue weighted by atomic mass is 31.2. The van der Waals surface area contributed by atoms with Gasteiger partial charge in [0, 0.05) is 9.82 Å². The monoisotopic (exact) mass is 163 g/mol. The molecule has 0 unspecified atom stereocenters. The van der Waals surface area contributed by atoms with Crippen LogP contribution in [-0.2, 0) is 9.25 Å². The third kappa shape index (κ3) is 4.76. The maximum absolute atomic E-state index is 7.67. The van der Waals surface area contributed by atoms with Crippen LogP contribution < -0.4 is 5.50 Å². The van der Waals surface area contributed by atoms with Crippen LogP contribution >= 0.6 is 8.53 Å². The van der Waals surface area contributed by atoms with E-state index in [1.807, 2.05) is 0 Å². The zero-order chi connectivity index (χ0) is 7.82. The molecule has 0 rings (SSSR count). The highest BCUT2D eigenvalue weighted by molar-refractivity contribution is 7.44. The minimum absolute atomic E-state index is 1.93. The molecule has 0 aromatic heterocycles. The summed E-state index contributed by atoms with van der Waals surface area (Å²) in [5.74, 6) is 0. The van der Waals surface area contributed by atoms with Crippen LogP contribution in [0.3, 0.4) is 0 Å². The van der Waals surface area contributed by atoms with Crippen molar-refractivity contribution in [3.63, 3.8) is 0 Å². The van der Waals surface area contributed by atoms with Crippen LogP contribution in [0.5, 0.6) is 0 Å². The van der Waals surface area contributed by atoms with Crippen LogP contribution in [0.25, 0.3) is 20.9 Å². The fourth-order valence-corrected chi connectivity index (χ4v) is 0.359. The first-order chi connectivity index (χ1) is 4.81. The molecule has 0 aromatic carbocycles. The Labute approximate surface area is 55.8 Å². The molecule has 9 nitrogen and oxygen atoms in total. The van der Waals surface area contributed by atoms with Gasteiger partial charge < -0.3 is 9.25 Å². The van der Waals surface area contributed by atoms with Crippen molar-refractivity contribution in [1.82, 2.24) is 0 Å². The molecule has 0 aromatic rings. The molecule has 0 atom stereocenters. The maximum Gasteiger partial charge on any atom is 0.391 e. The number of rotatable bonds is 4. The van der Waals surface area contributed by atoms with Crippen molar-refractivity contribution in [3.8, 4) is 0 Å². The molecule has 0 fully saturated rings. The Morgan fingerprint density at radius 3 is 1.90 bits per heavy atom. The Bertz CT molecular complexity index is 156. The second-order valence-electron chi connectivity index (χ2n) is 0.791. The molecule has 0 amide bonds. The molecule has 2 N–H and O–H groups in total. The van der Waals surface area contributed by atoms with Crippen LogP contribution in [0, 0.1) is 0 Å². The van der Waals surface area contributed by atoms with Gasteiger partial charge in [-0.1, -0.05) is 0 Å². The van der Waals surface area contributed by atoms with Crippen molar-refractivity contribution in [3.05, 3.63) is 20.9 Å². The summed E-state index contributed by atoms with van der Waals surface area (Å²) in [6.07, 6.45) is 0. The minimum Gasteiger partial charge on any atom is -0.360 e. The lowest BCUT2D eigenvalue weighted by Crippen LogP contribution is -1.88. The van der Waals surface area contributed by atoms with E-state index < -0.39 is 8.53 Å². The molecule has 0 bridgehead atoms. The first-order valence-corrected chi connectivity index (χ1v) is 3.04. The van der Waals surface area contributed by atoms with Gasteiger partial charge >= 0.3 is 8.53 Å². The van der Waals surface area contributed by atoms with E-state index in [-0.39, 0.29) is 0 Å². The summed E-state index contributed by atoms with van der Waals surface area (Å²) >= 11 is 0. The van der Waals surface area contributed by atoms with Gasteiger partial charge in [0.15, 0.2) is 0 Å². The quantitative estimate of drug-likeness (QED) is 0.221. The zero-order valence-corrected chi connectivity index (χ0v) is 5.42. The summed E-state index contributed by atoms with van der Waals surface area (Å²) < 4.78 is 8.11. The molecule has 0 aliphatic rings. The van der Waals surface area contributed by atoms with Crippen molar-refractivity contribution >= 4 is 8.53 Å². The van der Waals surface area contributed by atoms with E-state index in [1.165, 1.54) is 0 Å². The zero-order valence-electron chi connectivity index (χ0n) is 4.52. The van der Waals surface area contributed by atoms with Gasteiger partial charge in [-0.25, -0.2) is 5.50 Å². The van der Waals surface area contributed by atoms with Gasteiger partial charge in [-0.2, -0.15) is 0 Å². The molecule has 0 aliphatic heterocycles. The van der Waals surface area contributed by atoms with E-state index in [2.05, 4.69) is 29.6 Å². The summed E-state index contributed by atoms with van der Waals surface area (Å²) in [5, 5.41) is 5.20. The molecule has 54 valence electrons. The summed E-state index contributed by atoms with van der Waals surface area (Å²) in [4.78, 5) is 4.42. The number of azide groups is 2. The number of nitrogens with two attached hydrogens (primary N) is 1. The lowest BCUT2D eigenvalue weighted by atomic mass is 12.9. The molecule has 0 radical (unpaired) electrons. The molecule has 0 heterocycles. The van der Waals surface area contributed by atoms with Crippen molar-refractivity contribution in [2.45, 2.75) is 0 Å². The fourth-order valence-electron chi connectivity index (χ4n) is 0.120. The van der Waals surface area contributed by atoms with Gasteiger partial charge in [0.2, 0.25) is 0 Å². The standard InChI is InChI=1S/H2N7O2P/c1-4-6-8-10(3)9-7-5-2/h3H2. The summed E-state index contributed by atoms with van der Waals surface area (Å²) in [6, 6.07) is 0. The predicted molar refractivity (Wildman–Crippen MR) is 31.6 cm³/mol. The Morgan fingerprint density at radius 1 is 1.20 bits per heavy atom. The van der Waals surface area contributed by atoms with Crippen LogP contribution in [0.4, 0.5) is 0 Å². The summed E-state index contributed by atoms with van der Waals surface area (Å²) in [5.41, 5.74) is 20.3. The maximum atomic E-state index is 7.67. The third-order valence-electron chi connectivity index (χ3n) is 0.307. The largest absolute Gasteiger partial charge is 0.391 e. The Balaban J connectivity index is 3.52. The Hall–Kier alpha value is -1.39. The average Bonchev–Trinajstić information content (AvgIpc) is 1.97. The van der Waals surface area contributed by atoms with E-state index in [0.717, 1.165) is 0 Å². The van der Waals surface area contributed by atoms with Crippen molar-refractivity contribution in [2.75, 3.05) is 0 Å². The summed E-state index contributed by atoms with van der Waals surface area (Å²) in [7, 11) is -1.93. The number of nitrogens with zero attached hydrogens (tertiary/aromatic N) is 6. The summed E-state index contributed by atoms with van der Waals surface area (Å²) in [6.45, 7) is 0. The van der Waals surface area contributed by atoms with Crippen molar-refractivity contribution in [2.24, 2.45) is 16.1 Å². The lowest BCUT2D eigenvalue weighted by molar-refractivity contribution is 0.261. The molecule has 0 spiro atoms. The smallest absolute Gasteiger partial charge is 0.360 e. The van der Waals surface area contributed by atoms with Gasteiger partial charge in [-0.15, -0.1) is 0 Å². The first kappa shape index (κ1) is 8.61. The highest BCUT2D eigenvalue weighted by Gasteiger charge is 2.00. The van der Waals surface area contributed by atoms with Gasteiger partial charge in [0.05, 0.1) is 0 Å². The van der Waals surface area contributed by atoms with Crippen LogP contribution in [0.15, 0.2) is 10.6 Å². The molecular formula is H2N7O2P. The van der Waals surface area contributed by atoms with E-state index in [4.69, 9.17) is 16.6 Å². The fraction of sp³-hybridized carbons (Fsp3) is 0. The normalized spacial score (nSPS) is 10.1.